The fraction of sp³-hybridized carbons (Fsp3) is 0.611. The molecular weight excluding hydrogens is 262 g/mol. The Morgan fingerprint density at radius 2 is 2.00 bits per heavy atom. The quantitative estimate of drug-likeness (QED) is 0.774. The first-order valence-corrected chi connectivity index (χ1v) is 8.11. The Kier molecular flexibility index (Phi) is 5.80. The van der Waals surface area contributed by atoms with E-state index in [2.05, 4.69) is 43.0 Å². The topological polar surface area (TPSA) is 29.5 Å². The van der Waals surface area contributed by atoms with Crippen LogP contribution in [0.3, 0.4) is 0 Å². The molecule has 0 N–H and O–H groups in total. The van der Waals surface area contributed by atoms with Gasteiger partial charge < -0.3 is 4.74 Å². The largest absolute Gasteiger partial charge is 0.465 e. The van der Waals surface area contributed by atoms with Crippen LogP contribution in [0, 0.1) is 0 Å². The number of benzene rings is 1. The van der Waals surface area contributed by atoms with E-state index in [-0.39, 0.29) is 12.0 Å². The SMILES string of the molecule is CCOC(=O)[C@@H]1CCCCN1Cc1ccc(C(C)C)cc1. The van der Waals surface area contributed by atoms with Gasteiger partial charge in [0.2, 0.25) is 0 Å². The normalized spacial score (nSPS) is 19.7. The monoisotopic (exact) mass is 289 g/mol. The van der Waals surface area contributed by atoms with Crippen molar-refractivity contribution in [2.45, 2.75) is 58.5 Å². The highest BCUT2D eigenvalue weighted by atomic mass is 16.5. The van der Waals surface area contributed by atoms with Gasteiger partial charge in [-0.2, -0.15) is 0 Å². The molecule has 1 aliphatic rings. The predicted octanol–water partition coefficient (Wildman–Crippen LogP) is 3.73. The Hall–Kier alpha value is -1.35. The van der Waals surface area contributed by atoms with Crippen LogP contribution in [0.25, 0.3) is 0 Å². The highest BCUT2D eigenvalue weighted by Crippen LogP contribution is 2.22. The molecule has 1 heterocycles. The van der Waals surface area contributed by atoms with Gasteiger partial charge in [-0.15, -0.1) is 0 Å². The van der Waals surface area contributed by atoms with E-state index >= 15 is 0 Å². The Labute approximate surface area is 128 Å². The van der Waals surface area contributed by atoms with Gasteiger partial charge in [-0.1, -0.05) is 44.5 Å². The van der Waals surface area contributed by atoms with Crippen LogP contribution < -0.4 is 0 Å². The first kappa shape index (κ1) is 16.0. The van der Waals surface area contributed by atoms with Gasteiger partial charge in [0.1, 0.15) is 6.04 Å². The number of nitrogens with zero attached hydrogens (tertiary/aromatic N) is 1. The van der Waals surface area contributed by atoms with Crippen LogP contribution in [0.2, 0.25) is 0 Å². The van der Waals surface area contributed by atoms with Gasteiger partial charge in [0.05, 0.1) is 6.61 Å². The summed E-state index contributed by atoms with van der Waals surface area (Å²) in [5.41, 5.74) is 2.63. The van der Waals surface area contributed by atoms with Gasteiger partial charge in [0.15, 0.2) is 0 Å². The number of rotatable bonds is 5. The molecule has 0 spiro atoms. The molecule has 0 aromatic heterocycles. The third kappa shape index (κ3) is 4.31. The lowest BCUT2D eigenvalue weighted by molar-refractivity contribution is -0.151. The number of likely N-dealkylation sites (tertiary alicyclic amines) is 1. The minimum Gasteiger partial charge on any atom is -0.465 e. The van der Waals surface area contributed by atoms with E-state index in [1.165, 1.54) is 17.5 Å². The molecule has 1 fully saturated rings. The summed E-state index contributed by atoms with van der Waals surface area (Å²) in [6.45, 7) is 8.56. The van der Waals surface area contributed by atoms with Gasteiger partial charge in [-0.05, 0) is 43.4 Å². The van der Waals surface area contributed by atoms with Gasteiger partial charge in [0.25, 0.3) is 0 Å². The Balaban J connectivity index is 2.03. The van der Waals surface area contributed by atoms with E-state index in [9.17, 15) is 4.79 Å². The number of piperidine rings is 1. The average Bonchev–Trinajstić information content (AvgIpc) is 2.48. The van der Waals surface area contributed by atoms with Crippen molar-refractivity contribution >= 4 is 5.97 Å². The van der Waals surface area contributed by atoms with Crippen molar-refractivity contribution in [2.75, 3.05) is 13.2 Å². The van der Waals surface area contributed by atoms with Crippen molar-refractivity contribution in [3.05, 3.63) is 35.4 Å². The van der Waals surface area contributed by atoms with Crippen LogP contribution in [0.1, 0.15) is 57.1 Å². The van der Waals surface area contributed by atoms with Crippen LogP contribution in [-0.4, -0.2) is 30.1 Å². The number of ether oxygens (including phenoxy) is 1. The summed E-state index contributed by atoms with van der Waals surface area (Å²) >= 11 is 0. The van der Waals surface area contributed by atoms with E-state index in [0.717, 1.165) is 25.9 Å². The fourth-order valence-electron chi connectivity index (χ4n) is 2.93. The summed E-state index contributed by atoms with van der Waals surface area (Å²) in [6, 6.07) is 8.70. The molecule has 1 aromatic carbocycles. The summed E-state index contributed by atoms with van der Waals surface area (Å²) in [5, 5.41) is 0. The van der Waals surface area contributed by atoms with Crippen LogP contribution in [-0.2, 0) is 16.1 Å². The Morgan fingerprint density at radius 1 is 1.29 bits per heavy atom. The fourth-order valence-corrected chi connectivity index (χ4v) is 2.93. The standard InChI is InChI=1S/C18H27NO2/c1-4-21-18(20)17-7-5-6-12-19(17)13-15-8-10-16(11-9-15)14(2)3/h8-11,14,17H,4-7,12-13H2,1-3H3/t17-/m0/s1. The average molecular weight is 289 g/mol. The zero-order valence-corrected chi connectivity index (χ0v) is 13.5. The lowest BCUT2D eigenvalue weighted by atomic mass is 9.99. The van der Waals surface area contributed by atoms with Crippen molar-refractivity contribution in [1.82, 2.24) is 4.90 Å². The molecule has 21 heavy (non-hydrogen) atoms. The first-order valence-electron chi connectivity index (χ1n) is 8.11. The van der Waals surface area contributed by atoms with Gasteiger partial charge in [-0.25, -0.2) is 0 Å². The summed E-state index contributed by atoms with van der Waals surface area (Å²) in [4.78, 5) is 14.3. The Morgan fingerprint density at radius 3 is 2.62 bits per heavy atom. The molecule has 116 valence electrons. The lowest BCUT2D eigenvalue weighted by Crippen LogP contribution is -2.44. The minimum absolute atomic E-state index is 0.0593. The molecule has 3 heteroatoms. The zero-order chi connectivity index (χ0) is 15.2. The smallest absolute Gasteiger partial charge is 0.323 e. The first-order chi connectivity index (χ1) is 10.1. The summed E-state index contributed by atoms with van der Waals surface area (Å²) in [5.74, 6) is 0.498. The number of carbonyl (C=O) groups is 1. The molecule has 1 atom stereocenters. The van der Waals surface area contributed by atoms with Crippen LogP contribution in [0.4, 0.5) is 0 Å². The summed E-state index contributed by atoms with van der Waals surface area (Å²) < 4.78 is 5.22. The van der Waals surface area contributed by atoms with Crippen molar-refractivity contribution in [3.63, 3.8) is 0 Å². The molecular formula is C18H27NO2. The molecule has 1 aliphatic heterocycles. The molecule has 1 aromatic rings. The van der Waals surface area contributed by atoms with E-state index in [1.54, 1.807) is 0 Å². The van der Waals surface area contributed by atoms with Gasteiger partial charge >= 0.3 is 5.97 Å². The van der Waals surface area contributed by atoms with Crippen LogP contribution in [0.5, 0.6) is 0 Å². The third-order valence-corrected chi connectivity index (χ3v) is 4.20. The van der Waals surface area contributed by atoms with Crippen LogP contribution in [0.15, 0.2) is 24.3 Å². The summed E-state index contributed by atoms with van der Waals surface area (Å²) in [6.07, 6.45) is 3.20. The number of hydrogen-bond donors (Lipinski definition) is 0. The molecule has 0 bridgehead atoms. The molecule has 2 rings (SSSR count). The molecule has 0 amide bonds. The maximum absolute atomic E-state index is 12.1. The molecule has 3 nitrogen and oxygen atoms in total. The van der Waals surface area contributed by atoms with Crippen molar-refractivity contribution in [1.29, 1.82) is 0 Å². The van der Waals surface area contributed by atoms with E-state index in [1.807, 2.05) is 6.92 Å². The van der Waals surface area contributed by atoms with E-state index in [4.69, 9.17) is 4.74 Å². The molecule has 0 radical (unpaired) electrons. The lowest BCUT2D eigenvalue weighted by Gasteiger charge is -2.34. The third-order valence-electron chi connectivity index (χ3n) is 4.20. The highest BCUT2D eigenvalue weighted by Gasteiger charge is 2.29. The second kappa shape index (κ2) is 7.60. The Bertz CT molecular complexity index is 453. The van der Waals surface area contributed by atoms with Crippen molar-refractivity contribution in [3.8, 4) is 0 Å². The van der Waals surface area contributed by atoms with E-state index < -0.39 is 0 Å². The van der Waals surface area contributed by atoms with Crippen molar-refractivity contribution in [2.24, 2.45) is 0 Å². The maximum atomic E-state index is 12.1. The van der Waals surface area contributed by atoms with Crippen molar-refractivity contribution < 1.29 is 9.53 Å². The second-order valence-electron chi connectivity index (χ2n) is 6.13. The minimum atomic E-state index is -0.0662. The summed E-state index contributed by atoms with van der Waals surface area (Å²) in [7, 11) is 0. The van der Waals surface area contributed by atoms with Gasteiger partial charge in [0, 0.05) is 6.54 Å². The number of esters is 1. The maximum Gasteiger partial charge on any atom is 0.323 e. The zero-order valence-electron chi connectivity index (χ0n) is 13.5. The molecule has 1 saturated heterocycles. The molecule has 0 aliphatic carbocycles. The highest BCUT2D eigenvalue weighted by molar-refractivity contribution is 5.75. The predicted molar refractivity (Wildman–Crippen MR) is 85.2 cm³/mol. The molecule has 0 unspecified atom stereocenters. The number of carbonyl (C=O) groups excluding carboxylic acids is 1. The second-order valence-corrected chi connectivity index (χ2v) is 6.13. The van der Waals surface area contributed by atoms with E-state index in [0.29, 0.717) is 12.5 Å². The van der Waals surface area contributed by atoms with Crippen LogP contribution >= 0.6 is 0 Å². The molecule has 0 saturated carbocycles. The van der Waals surface area contributed by atoms with Gasteiger partial charge in [-0.3, -0.25) is 9.69 Å². The number of hydrogen-bond acceptors (Lipinski definition) is 3.